The predicted octanol–water partition coefficient (Wildman–Crippen LogP) is 4.92. The number of unbranched alkanes of at least 4 members (excludes halogenated alkanes) is 3. The van der Waals surface area contributed by atoms with Crippen molar-refractivity contribution in [3.63, 3.8) is 0 Å². The molecule has 0 amide bonds. The fraction of sp³-hybridized carbons (Fsp3) is 0.714. The Morgan fingerprint density at radius 1 is 0.688 bits per heavy atom. The first kappa shape index (κ1) is 36.0. The average Bonchev–Trinajstić information content (AvgIpc) is 2.40. The number of hydrogen-bond donors (Lipinski definition) is 1. The first-order valence-electron chi connectivity index (χ1n) is 5.85. The van der Waals surface area contributed by atoms with Gasteiger partial charge in [-0.15, -0.1) is 0 Å². The van der Waals surface area contributed by atoms with E-state index in [1.165, 1.54) is 19.3 Å². The van der Waals surface area contributed by atoms with Crippen LogP contribution < -0.4 is 0 Å². The van der Waals surface area contributed by atoms with E-state index in [9.17, 15) is 0 Å². The van der Waals surface area contributed by atoms with Crippen molar-refractivity contribution in [2.75, 3.05) is 6.61 Å². The minimum Gasteiger partial charge on any atom is -0.396 e. The summed E-state index contributed by atoms with van der Waals surface area (Å²) in [5, 5.41) is 8.29. The molecular formula is C14H34OTi. The molecule has 0 aliphatic heterocycles. The molecule has 0 aromatic carbocycles. The number of aliphatic hydroxyl groups is 1. The van der Waals surface area contributed by atoms with Crippen molar-refractivity contribution in [2.24, 2.45) is 0 Å². The Morgan fingerprint density at radius 2 is 1.00 bits per heavy atom. The van der Waals surface area contributed by atoms with E-state index in [2.05, 4.69) is 34.6 Å². The quantitative estimate of drug-likeness (QED) is 0.435. The molecule has 0 saturated carbocycles. The molecule has 1 N–H and O–H groups in total. The smallest absolute Gasteiger partial charge is 0.396 e. The maximum Gasteiger partial charge on any atom is 4.00 e. The van der Waals surface area contributed by atoms with Crippen LogP contribution in [0, 0.1) is 27.7 Å². The summed E-state index contributed by atoms with van der Waals surface area (Å²) in [6.45, 7) is 22.5. The second kappa shape index (κ2) is 105. The molecule has 0 aliphatic rings. The van der Waals surface area contributed by atoms with Gasteiger partial charge >= 0.3 is 21.7 Å². The van der Waals surface area contributed by atoms with Gasteiger partial charge in [0.25, 0.3) is 0 Å². The normalized spacial score (nSPS) is 5.62. The Morgan fingerprint density at radius 3 is 1.19 bits per heavy atom. The molecule has 0 aliphatic carbocycles. The van der Waals surface area contributed by atoms with Crippen LogP contribution in [0.1, 0.15) is 60.3 Å². The van der Waals surface area contributed by atoms with Crippen molar-refractivity contribution in [1.29, 1.82) is 0 Å². The van der Waals surface area contributed by atoms with Gasteiger partial charge in [0, 0.05) is 6.61 Å². The zero-order chi connectivity index (χ0) is 13.5. The van der Waals surface area contributed by atoms with E-state index in [1.807, 2.05) is 0 Å². The second-order valence-electron chi connectivity index (χ2n) is 1.78. The summed E-state index contributed by atoms with van der Waals surface area (Å²) < 4.78 is 0. The van der Waals surface area contributed by atoms with Gasteiger partial charge in [-0.25, -0.2) is 0 Å². The Kier molecular flexibility index (Phi) is 236. The molecule has 0 saturated heterocycles. The zero-order valence-corrected chi connectivity index (χ0v) is 13.9. The maximum absolute atomic E-state index is 8.29. The zero-order valence-electron chi connectivity index (χ0n) is 12.3. The van der Waals surface area contributed by atoms with Crippen LogP contribution in [0.4, 0.5) is 0 Å². The summed E-state index contributed by atoms with van der Waals surface area (Å²) in [6.07, 6.45) is 4.68. The fourth-order valence-corrected chi connectivity index (χ4v) is 0.539. The first-order chi connectivity index (χ1) is 7.41. The summed E-state index contributed by atoms with van der Waals surface area (Å²) in [5.41, 5.74) is 0. The van der Waals surface area contributed by atoms with Crippen molar-refractivity contribution in [2.45, 2.75) is 60.3 Å². The van der Waals surface area contributed by atoms with Crippen LogP contribution in [0.2, 0.25) is 0 Å². The van der Waals surface area contributed by atoms with Gasteiger partial charge in [0.15, 0.2) is 0 Å². The van der Waals surface area contributed by atoms with Crippen molar-refractivity contribution in [1.82, 2.24) is 0 Å². The van der Waals surface area contributed by atoms with Gasteiger partial charge in [-0.2, -0.15) is 27.7 Å². The molecule has 0 aromatic heterocycles. The molecule has 0 rings (SSSR count). The molecule has 0 bridgehead atoms. The number of hydrogen-bond acceptors (Lipinski definition) is 1. The largest absolute Gasteiger partial charge is 4.00 e. The van der Waals surface area contributed by atoms with E-state index in [0.717, 1.165) is 6.42 Å². The Hall–Kier alpha value is 0.674. The van der Waals surface area contributed by atoms with Crippen molar-refractivity contribution < 1.29 is 26.8 Å². The fourth-order valence-electron chi connectivity index (χ4n) is 0.539. The van der Waals surface area contributed by atoms with Crippen molar-refractivity contribution in [3.8, 4) is 0 Å². The minimum absolute atomic E-state index is 0. The molecule has 0 unspecified atom stereocenters. The van der Waals surface area contributed by atoms with E-state index >= 15 is 0 Å². The molecule has 0 atom stereocenters. The topological polar surface area (TPSA) is 20.2 Å². The summed E-state index contributed by atoms with van der Waals surface area (Å²) >= 11 is 0. The molecule has 100 valence electrons. The van der Waals surface area contributed by atoms with Crippen LogP contribution in [-0.2, 0) is 21.7 Å². The molecule has 0 heterocycles. The Bertz CT molecular complexity index is 29.9. The van der Waals surface area contributed by atoms with E-state index in [1.54, 1.807) is 27.7 Å². The van der Waals surface area contributed by atoms with E-state index in [-0.39, 0.29) is 21.7 Å². The molecule has 2 heteroatoms. The monoisotopic (exact) mass is 266 g/mol. The molecular weight excluding hydrogens is 232 g/mol. The Balaban J connectivity index is -0.0000000238. The van der Waals surface area contributed by atoms with Crippen molar-refractivity contribution in [3.05, 3.63) is 27.7 Å². The van der Waals surface area contributed by atoms with Gasteiger partial charge in [0.1, 0.15) is 0 Å². The van der Waals surface area contributed by atoms with E-state index in [0.29, 0.717) is 6.61 Å². The van der Waals surface area contributed by atoms with Crippen molar-refractivity contribution >= 4 is 0 Å². The van der Waals surface area contributed by atoms with Gasteiger partial charge < -0.3 is 32.8 Å². The molecule has 0 spiro atoms. The number of rotatable bonds is 4. The maximum atomic E-state index is 8.29. The summed E-state index contributed by atoms with van der Waals surface area (Å²) in [4.78, 5) is 0. The predicted molar refractivity (Wildman–Crippen MR) is 75.4 cm³/mol. The van der Waals surface area contributed by atoms with Crippen LogP contribution in [-0.4, -0.2) is 11.7 Å². The van der Waals surface area contributed by atoms with Crippen LogP contribution in [0.15, 0.2) is 0 Å². The Labute approximate surface area is 121 Å². The minimum atomic E-state index is 0. The first-order valence-corrected chi connectivity index (χ1v) is 5.85. The van der Waals surface area contributed by atoms with Gasteiger partial charge in [0.05, 0.1) is 0 Å². The average molecular weight is 266 g/mol. The summed E-state index contributed by atoms with van der Waals surface area (Å²) in [6, 6.07) is 0. The molecule has 0 radical (unpaired) electrons. The molecule has 0 fully saturated rings. The van der Waals surface area contributed by atoms with Crippen LogP contribution in [0.25, 0.3) is 0 Å². The van der Waals surface area contributed by atoms with Crippen LogP contribution in [0.3, 0.4) is 0 Å². The third-order valence-electron chi connectivity index (χ3n) is 1.01. The molecule has 16 heavy (non-hydrogen) atoms. The number of aliphatic hydroxyl groups excluding tert-OH is 1. The van der Waals surface area contributed by atoms with Crippen LogP contribution >= 0.6 is 0 Å². The third kappa shape index (κ3) is 126. The molecule has 0 aromatic rings. The standard InChI is InChI=1S/C6H14O.4C2H5.Ti/c1-2-3-4-5-6-7;4*1-2;/h7H,2-6H2,1H3;4*1H2,2H3;/q;4*-1;+4. The SMILES string of the molecule is CCCCCCO.[CH2-]C.[CH2-]C.[CH2-]C.[CH2-]C.[Ti+4]. The van der Waals surface area contributed by atoms with E-state index in [4.69, 9.17) is 5.11 Å². The van der Waals surface area contributed by atoms with Gasteiger partial charge in [-0.3, -0.25) is 0 Å². The second-order valence-corrected chi connectivity index (χ2v) is 1.78. The van der Waals surface area contributed by atoms with Gasteiger partial charge in [-0.05, 0) is 6.42 Å². The third-order valence-corrected chi connectivity index (χ3v) is 1.01. The van der Waals surface area contributed by atoms with Gasteiger partial charge in [-0.1, -0.05) is 26.2 Å². The molecule has 1 nitrogen and oxygen atoms in total. The van der Waals surface area contributed by atoms with Crippen LogP contribution in [0.5, 0.6) is 0 Å². The summed E-state index contributed by atoms with van der Waals surface area (Å²) in [5.74, 6) is 0. The summed E-state index contributed by atoms with van der Waals surface area (Å²) in [7, 11) is 0. The van der Waals surface area contributed by atoms with E-state index < -0.39 is 0 Å². The van der Waals surface area contributed by atoms with Gasteiger partial charge in [0.2, 0.25) is 0 Å².